The number of nitrogens with zero attached hydrogens (tertiary/aromatic N) is 1. The van der Waals surface area contributed by atoms with Crippen LogP contribution in [0.2, 0.25) is 0 Å². The summed E-state index contributed by atoms with van der Waals surface area (Å²) in [5.74, 6) is 0. The van der Waals surface area contributed by atoms with Crippen LogP contribution in [0, 0.1) is 0 Å². The largest absolute Gasteiger partial charge is 0.309 e. The first-order chi connectivity index (χ1) is 30.7. The van der Waals surface area contributed by atoms with E-state index < -0.39 is 0 Å². The summed E-state index contributed by atoms with van der Waals surface area (Å²) in [4.78, 5) is 2.56. The lowest BCUT2D eigenvalue weighted by molar-refractivity contribution is 0.714. The maximum atomic E-state index is 2.56. The molecule has 1 atom stereocenters. The van der Waals surface area contributed by atoms with Gasteiger partial charge < -0.3 is 4.90 Å². The van der Waals surface area contributed by atoms with Crippen LogP contribution in [0.25, 0.3) is 75.5 Å². The van der Waals surface area contributed by atoms with Gasteiger partial charge in [0.2, 0.25) is 0 Å². The molecule has 0 fully saturated rings. The molecule has 1 aliphatic rings. The van der Waals surface area contributed by atoms with Gasteiger partial charge in [-0.25, -0.2) is 0 Å². The second-order valence-electron chi connectivity index (χ2n) is 16.5. The predicted molar refractivity (Wildman–Crippen MR) is 265 cm³/mol. The second kappa shape index (κ2) is 14.6. The second-order valence-corrected chi connectivity index (χ2v) is 17.5. The summed E-state index contributed by atoms with van der Waals surface area (Å²) in [5, 5.41) is 5.00. The Hall–Kier alpha value is -7.52. The molecular formula is C60H41NS. The Bertz CT molecular complexity index is 3490. The Morgan fingerprint density at radius 3 is 1.65 bits per heavy atom. The van der Waals surface area contributed by atoms with E-state index in [4.69, 9.17) is 0 Å². The topological polar surface area (TPSA) is 3.24 Å². The van der Waals surface area contributed by atoms with Crippen molar-refractivity contribution in [2.75, 3.05) is 4.90 Å². The van der Waals surface area contributed by atoms with Gasteiger partial charge in [-0.2, -0.15) is 0 Å². The third-order valence-corrected chi connectivity index (χ3v) is 14.3. The van der Waals surface area contributed by atoms with Crippen LogP contribution in [0.4, 0.5) is 17.1 Å². The third-order valence-electron chi connectivity index (χ3n) is 13.2. The summed E-state index contributed by atoms with van der Waals surface area (Å²) in [6.45, 7) is 2.40. The van der Waals surface area contributed by atoms with Gasteiger partial charge in [-0.3, -0.25) is 0 Å². The van der Waals surface area contributed by atoms with Gasteiger partial charge in [0.05, 0.1) is 17.1 Å². The van der Waals surface area contributed by atoms with Gasteiger partial charge in [-0.15, -0.1) is 11.3 Å². The zero-order valence-corrected chi connectivity index (χ0v) is 35.1. The molecule has 1 heterocycles. The molecule has 11 aromatic rings. The summed E-state index contributed by atoms with van der Waals surface area (Å²) >= 11 is 1.87. The number of fused-ring (bicyclic) bond motifs is 7. The zero-order chi connectivity index (χ0) is 41.2. The maximum absolute atomic E-state index is 2.56. The van der Waals surface area contributed by atoms with Crippen molar-refractivity contribution in [3.63, 3.8) is 0 Å². The van der Waals surface area contributed by atoms with E-state index in [1.807, 2.05) is 11.3 Å². The Morgan fingerprint density at radius 2 is 0.871 bits per heavy atom. The molecule has 0 bridgehead atoms. The zero-order valence-electron chi connectivity index (χ0n) is 34.3. The molecule has 2 heteroatoms. The highest BCUT2D eigenvalue weighted by Gasteiger charge is 2.42. The van der Waals surface area contributed by atoms with Crippen molar-refractivity contribution in [2.45, 2.75) is 12.3 Å². The van der Waals surface area contributed by atoms with Crippen LogP contribution in [0.15, 0.2) is 231 Å². The lowest BCUT2D eigenvalue weighted by Crippen LogP contribution is -2.22. The summed E-state index contributed by atoms with van der Waals surface area (Å²) < 4.78 is 2.56. The van der Waals surface area contributed by atoms with E-state index >= 15 is 0 Å². The van der Waals surface area contributed by atoms with Gasteiger partial charge in [-0.05, 0) is 98.1 Å². The highest BCUT2D eigenvalue weighted by atomic mass is 32.1. The molecular weight excluding hydrogens is 767 g/mol. The van der Waals surface area contributed by atoms with Crippen molar-refractivity contribution in [2.24, 2.45) is 0 Å². The lowest BCUT2D eigenvalue weighted by atomic mass is 9.74. The minimum atomic E-state index is -0.309. The van der Waals surface area contributed by atoms with Crippen LogP contribution in [0.1, 0.15) is 23.6 Å². The van der Waals surface area contributed by atoms with E-state index in [0.29, 0.717) is 0 Å². The van der Waals surface area contributed by atoms with Crippen LogP contribution in [0.3, 0.4) is 0 Å². The number of rotatable bonds is 7. The molecule has 0 spiro atoms. The fourth-order valence-electron chi connectivity index (χ4n) is 10.4. The average molecular weight is 808 g/mol. The fraction of sp³-hybridized carbons (Fsp3) is 0.0333. The first-order valence-corrected chi connectivity index (χ1v) is 22.3. The van der Waals surface area contributed by atoms with Gasteiger partial charge in [-0.1, -0.05) is 200 Å². The third kappa shape index (κ3) is 5.54. The SMILES string of the molecule is CC1(c2ccccc2)c2ccccc2-c2c(-c3ccccc3N(c3ccccc3-c3cccc4cccc(-c5ccccc5)c34)c3cccc4sc5ccccc5c34)cccc21. The van der Waals surface area contributed by atoms with E-state index in [-0.39, 0.29) is 5.41 Å². The van der Waals surface area contributed by atoms with Gasteiger partial charge in [0.25, 0.3) is 0 Å². The summed E-state index contributed by atoms with van der Waals surface area (Å²) in [5.41, 5.74) is 16.9. The first kappa shape index (κ1) is 36.3. The minimum absolute atomic E-state index is 0.309. The molecule has 62 heavy (non-hydrogen) atoms. The first-order valence-electron chi connectivity index (χ1n) is 21.4. The van der Waals surface area contributed by atoms with E-state index in [1.54, 1.807) is 0 Å². The smallest absolute Gasteiger partial charge is 0.0555 e. The van der Waals surface area contributed by atoms with Gasteiger partial charge in [0, 0.05) is 36.7 Å². The number of hydrogen-bond donors (Lipinski definition) is 0. The monoisotopic (exact) mass is 807 g/mol. The highest BCUT2D eigenvalue weighted by Crippen LogP contribution is 2.57. The van der Waals surface area contributed by atoms with E-state index in [9.17, 15) is 0 Å². The molecule has 1 unspecified atom stereocenters. The van der Waals surface area contributed by atoms with Gasteiger partial charge in [0.1, 0.15) is 0 Å². The molecule has 1 nitrogen and oxygen atoms in total. The van der Waals surface area contributed by atoms with Crippen LogP contribution in [-0.4, -0.2) is 0 Å². The number of anilines is 3. The molecule has 0 saturated carbocycles. The normalized spacial score (nSPS) is 14.3. The standard InChI is InChI=1S/C60H41NS/c1-60(42-24-6-3-7-25-42)50-33-12-8-28-48(50)58-47(32-18-34-51(58)60)45-27-10-14-36-53(45)61(54-37-19-39-56-59(54)49-29-11-15-38-55(49)62-56)52-35-13-9-26-44(52)46-31-17-23-41-22-16-30-43(57(41)46)40-20-4-2-5-21-40/h2-39H,1H3. The molecule has 0 radical (unpaired) electrons. The molecule has 1 aromatic heterocycles. The quantitative estimate of drug-likeness (QED) is 0.155. The van der Waals surface area contributed by atoms with Gasteiger partial charge in [0.15, 0.2) is 0 Å². The van der Waals surface area contributed by atoms with Crippen LogP contribution < -0.4 is 4.90 Å². The summed E-state index contributed by atoms with van der Waals surface area (Å²) in [6, 6.07) is 85.1. The van der Waals surface area contributed by atoms with Gasteiger partial charge >= 0.3 is 0 Å². The van der Waals surface area contributed by atoms with Crippen molar-refractivity contribution < 1.29 is 0 Å². The Kier molecular flexibility index (Phi) is 8.55. The number of hydrogen-bond acceptors (Lipinski definition) is 2. The molecule has 0 amide bonds. The highest BCUT2D eigenvalue weighted by molar-refractivity contribution is 7.26. The Morgan fingerprint density at radius 1 is 0.355 bits per heavy atom. The van der Waals surface area contributed by atoms with Crippen LogP contribution in [-0.2, 0) is 5.41 Å². The Balaban J connectivity index is 1.16. The fourth-order valence-corrected chi connectivity index (χ4v) is 11.5. The van der Waals surface area contributed by atoms with Crippen molar-refractivity contribution in [3.05, 3.63) is 247 Å². The molecule has 10 aromatic carbocycles. The Labute approximate surface area is 366 Å². The average Bonchev–Trinajstić information content (AvgIpc) is 3.86. The van der Waals surface area contributed by atoms with E-state index in [0.717, 1.165) is 17.1 Å². The molecule has 1 aliphatic carbocycles. The number of thiophene rings is 1. The molecule has 12 rings (SSSR count). The summed E-state index contributed by atoms with van der Waals surface area (Å²) in [6.07, 6.45) is 0. The van der Waals surface area contributed by atoms with E-state index in [2.05, 4.69) is 242 Å². The van der Waals surface area contributed by atoms with Crippen LogP contribution >= 0.6 is 11.3 Å². The van der Waals surface area contributed by atoms with Crippen molar-refractivity contribution in [1.29, 1.82) is 0 Å². The molecule has 0 aliphatic heterocycles. The predicted octanol–water partition coefficient (Wildman–Crippen LogP) is 17.0. The van der Waals surface area contributed by atoms with Crippen molar-refractivity contribution in [3.8, 4) is 44.5 Å². The summed E-state index contributed by atoms with van der Waals surface area (Å²) in [7, 11) is 0. The van der Waals surface area contributed by atoms with Crippen molar-refractivity contribution in [1.82, 2.24) is 0 Å². The lowest BCUT2D eigenvalue weighted by Gasteiger charge is -2.31. The number of benzene rings is 10. The molecule has 0 N–H and O–H groups in total. The maximum Gasteiger partial charge on any atom is 0.0555 e. The molecule has 292 valence electrons. The van der Waals surface area contributed by atoms with E-state index in [1.165, 1.54) is 92.1 Å². The molecule has 0 saturated heterocycles. The minimum Gasteiger partial charge on any atom is -0.309 e. The number of para-hydroxylation sites is 2. The van der Waals surface area contributed by atoms with Crippen LogP contribution in [0.5, 0.6) is 0 Å². The van der Waals surface area contributed by atoms with Crippen molar-refractivity contribution >= 4 is 59.3 Å².